The van der Waals surface area contributed by atoms with Crippen molar-refractivity contribution in [2.24, 2.45) is 5.73 Å². The van der Waals surface area contributed by atoms with Crippen LogP contribution in [0.3, 0.4) is 0 Å². The Balaban J connectivity index is 2.40. The zero-order chi connectivity index (χ0) is 20.7. The molecule has 0 spiro atoms. The number of amides is 3. The molecule has 0 radical (unpaired) electrons. The maximum absolute atomic E-state index is 13.1. The van der Waals surface area contributed by atoms with Crippen LogP contribution in [0, 0.1) is 6.92 Å². The number of ether oxygens (including phenoxy) is 1. The Kier molecular flexibility index (Phi) is 7.26. The minimum absolute atomic E-state index is 0.353. The second-order valence-corrected chi connectivity index (χ2v) is 6.62. The first kappa shape index (κ1) is 21.1. The first-order valence-corrected chi connectivity index (χ1v) is 9.27. The third-order valence-electron chi connectivity index (χ3n) is 4.49. The number of methoxy groups -OCH3 is 1. The fraction of sp³-hybridized carbons (Fsp3) is 0.333. The summed E-state index contributed by atoms with van der Waals surface area (Å²) in [6.45, 7) is 3.94. The molecule has 0 unspecified atom stereocenters. The van der Waals surface area contributed by atoms with Crippen molar-refractivity contribution in [2.75, 3.05) is 23.1 Å². The monoisotopic (exact) mass is 384 g/mol. The van der Waals surface area contributed by atoms with Crippen molar-refractivity contribution in [3.8, 4) is 5.75 Å². The van der Waals surface area contributed by atoms with E-state index in [0.29, 0.717) is 29.2 Å². The van der Waals surface area contributed by atoms with Crippen molar-refractivity contribution in [3.63, 3.8) is 0 Å². The molecule has 0 aliphatic rings. The lowest BCUT2D eigenvalue weighted by Crippen LogP contribution is -2.50. The quantitative estimate of drug-likeness (QED) is 0.603. The van der Waals surface area contributed by atoms with Crippen LogP contribution >= 0.6 is 0 Å². The Morgan fingerprint density at radius 1 is 1.21 bits per heavy atom. The minimum Gasteiger partial charge on any atom is -0.495 e. The molecule has 150 valence electrons. The first-order valence-electron chi connectivity index (χ1n) is 9.27. The highest BCUT2D eigenvalue weighted by atomic mass is 16.5. The number of nitrogens with zero attached hydrogens (tertiary/aromatic N) is 1. The SMILES string of the molecule is CCCC[C@@H](C(=O)Nc1ccc(C)cc1N)N(C(N)=O)c1ccccc1OC. The van der Waals surface area contributed by atoms with Gasteiger partial charge >= 0.3 is 6.03 Å². The Morgan fingerprint density at radius 3 is 2.54 bits per heavy atom. The molecule has 0 fully saturated rings. The average Bonchev–Trinajstić information content (AvgIpc) is 2.67. The summed E-state index contributed by atoms with van der Waals surface area (Å²) in [4.78, 5) is 26.7. The molecule has 3 amide bonds. The van der Waals surface area contributed by atoms with Crippen LogP contribution in [0.2, 0.25) is 0 Å². The van der Waals surface area contributed by atoms with Crippen molar-refractivity contribution < 1.29 is 14.3 Å². The first-order chi connectivity index (χ1) is 13.4. The Labute approximate surface area is 165 Å². The largest absolute Gasteiger partial charge is 0.495 e. The molecule has 2 aromatic rings. The van der Waals surface area contributed by atoms with Crippen LogP contribution in [0.1, 0.15) is 31.7 Å². The molecule has 0 aliphatic carbocycles. The van der Waals surface area contributed by atoms with Gasteiger partial charge in [-0.2, -0.15) is 0 Å². The van der Waals surface area contributed by atoms with Gasteiger partial charge in [0.1, 0.15) is 11.8 Å². The number of primary amides is 1. The molecule has 0 saturated carbocycles. The number of aryl methyl sites for hydroxylation is 1. The topological polar surface area (TPSA) is 111 Å². The molecule has 0 heterocycles. The van der Waals surface area contributed by atoms with Gasteiger partial charge in [0.15, 0.2) is 0 Å². The lowest BCUT2D eigenvalue weighted by Gasteiger charge is -2.30. The van der Waals surface area contributed by atoms with Crippen LogP contribution in [0.25, 0.3) is 0 Å². The van der Waals surface area contributed by atoms with E-state index in [4.69, 9.17) is 16.2 Å². The molecule has 5 N–H and O–H groups in total. The van der Waals surface area contributed by atoms with E-state index in [2.05, 4.69) is 5.32 Å². The lowest BCUT2D eigenvalue weighted by molar-refractivity contribution is -0.117. The van der Waals surface area contributed by atoms with Gasteiger partial charge in [-0.05, 0) is 43.2 Å². The number of nitrogens with one attached hydrogen (secondary N) is 1. The van der Waals surface area contributed by atoms with Crippen molar-refractivity contribution >= 4 is 29.0 Å². The number of hydrogen-bond acceptors (Lipinski definition) is 4. The van der Waals surface area contributed by atoms with Gasteiger partial charge in [-0.25, -0.2) is 4.79 Å². The zero-order valence-electron chi connectivity index (χ0n) is 16.6. The number of anilines is 3. The van der Waals surface area contributed by atoms with Gasteiger partial charge in [-0.15, -0.1) is 0 Å². The van der Waals surface area contributed by atoms with E-state index in [-0.39, 0.29) is 5.91 Å². The smallest absolute Gasteiger partial charge is 0.320 e. The van der Waals surface area contributed by atoms with Crippen molar-refractivity contribution in [1.82, 2.24) is 0 Å². The maximum Gasteiger partial charge on any atom is 0.320 e. The number of hydrogen-bond donors (Lipinski definition) is 3. The number of rotatable bonds is 8. The maximum atomic E-state index is 13.1. The summed E-state index contributed by atoms with van der Waals surface area (Å²) >= 11 is 0. The number of benzene rings is 2. The number of nitrogen functional groups attached to an aromatic ring is 1. The summed E-state index contributed by atoms with van der Waals surface area (Å²) in [6, 6.07) is 10.8. The highest BCUT2D eigenvalue weighted by molar-refractivity contribution is 6.05. The fourth-order valence-electron chi connectivity index (χ4n) is 3.06. The van der Waals surface area contributed by atoms with E-state index in [9.17, 15) is 9.59 Å². The third-order valence-corrected chi connectivity index (χ3v) is 4.49. The second-order valence-electron chi connectivity index (χ2n) is 6.62. The van der Waals surface area contributed by atoms with Crippen LogP contribution in [0.15, 0.2) is 42.5 Å². The molecule has 0 aromatic heterocycles. The number of carbonyl (C=O) groups is 2. The highest BCUT2D eigenvalue weighted by Gasteiger charge is 2.31. The molecule has 0 bridgehead atoms. The van der Waals surface area contributed by atoms with Gasteiger partial charge in [-0.3, -0.25) is 9.69 Å². The van der Waals surface area contributed by atoms with Crippen molar-refractivity contribution in [1.29, 1.82) is 0 Å². The lowest BCUT2D eigenvalue weighted by atomic mass is 10.1. The molecule has 2 rings (SSSR count). The fourth-order valence-corrected chi connectivity index (χ4v) is 3.06. The average molecular weight is 384 g/mol. The molecular formula is C21H28N4O3. The highest BCUT2D eigenvalue weighted by Crippen LogP contribution is 2.31. The summed E-state index contributed by atoms with van der Waals surface area (Å²) < 4.78 is 5.36. The number of urea groups is 1. The summed E-state index contributed by atoms with van der Waals surface area (Å²) in [7, 11) is 1.51. The molecule has 7 nitrogen and oxygen atoms in total. The molecule has 0 saturated heterocycles. The van der Waals surface area contributed by atoms with Crippen molar-refractivity contribution in [3.05, 3.63) is 48.0 Å². The van der Waals surface area contributed by atoms with Gasteiger partial charge in [0.05, 0.1) is 24.2 Å². The predicted octanol–water partition coefficient (Wildman–Crippen LogP) is 3.67. The zero-order valence-corrected chi connectivity index (χ0v) is 16.6. The van der Waals surface area contributed by atoms with Crippen LogP contribution in [-0.2, 0) is 4.79 Å². The number of para-hydroxylation sites is 2. The van der Waals surface area contributed by atoms with E-state index in [1.165, 1.54) is 12.0 Å². The van der Waals surface area contributed by atoms with E-state index in [1.54, 1.807) is 36.4 Å². The third kappa shape index (κ3) is 4.94. The Hall–Kier alpha value is -3.22. The molecule has 28 heavy (non-hydrogen) atoms. The Morgan fingerprint density at radius 2 is 1.93 bits per heavy atom. The van der Waals surface area contributed by atoms with E-state index < -0.39 is 12.1 Å². The molecule has 7 heteroatoms. The van der Waals surface area contributed by atoms with Gasteiger partial charge < -0.3 is 21.5 Å². The van der Waals surface area contributed by atoms with Crippen molar-refractivity contribution in [2.45, 2.75) is 39.2 Å². The second kappa shape index (κ2) is 9.64. The minimum atomic E-state index is -0.797. The van der Waals surface area contributed by atoms with E-state index in [1.807, 2.05) is 19.9 Å². The van der Waals surface area contributed by atoms with Crippen LogP contribution in [0.5, 0.6) is 5.75 Å². The van der Waals surface area contributed by atoms with E-state index in [0.717, 1.165) is 18.4 Å². The normalized spacial score (nSPS) is 11.5. The van der Waals surface area contributed by atoms with Gasteiger partial charge in [0, 0.05) is 0 Å². The Bertz CT molecular complexity index is 838. The summed E-state index contributed by atoms with van der Waals surface area (Å²) in [5.41, 5.74) is 14.1. The predicted molar refractivity (Wildman–Crippen MR) is 113 cm³/mol. The number of carbonyl (C=O) groups excluding carboxylic acids is 2. The summed E-state index contributed by atoms with van der Waals surface area (Å²) in [6.07, 6.45) is 2.07. The molecule has 2 aromatic carbocycles. The summed E-state index contributed by atoms with van der Waals surface area (Å²) in [5.74, 6) is 0.110. The standard InChI is InChI=1S/C21H28N4O3/c1-4-5-8-18(20(26)24-16-12-11-14(2)13-15(16)22)25(21(23)27)17-9-6-7-10-19(17)28-3/h6-7,9-13,18H,4-5,8,22H2,1-3H3,(H2,23,27)(H,24,26)/t18-/m0/s1. The van der Waals surface area contributed by atoms with Gasteiger partial charge in [0.25, 0.3) is 0 Å². The van der Waals surface area contributed by atoms with Gasteiger partial charge in [0.2, 0.25) is 5.91 Å². The van der Waals surface area contributed by atoms with Crippen LogP contribution in [-0.4, -0.2) is 25.1 Å². The molecule has 1 atom stereocenters. The van der Waals surface area contributed by atoms with Crippen LogP contribution < -0.4 is 26.4 Å². The molecular weight excluding hydrogens is 356 g/mol. The van der Waals surface area contributed by atoms with Crippen LogP contribution in [0.4, 0.5) is 21.9 Å². The summed E-state index contributed by atoms with van der Waals surface area (Å²) in [5, 5.41) is 2.83. The van der Waals surface area contributed by atoms with E-state index >= 15 is 0 Å². The van der Waals surface area contributed by atoms with Gasteiger partial charge in [-0.1, -0.05) is 38.0 Å². The number of unbranched alkanes of at least 4 members (excludes halogenated alkanes) is 1. The molecule has 0 aliphatic heterocycles. The number of nitrogens with two attached hydrogens (primary N) is 2.